The fourth-order valence-electron chi connectivity index (χ4n) is 4.39. The molecule has 0 heterocycles. The Bertz CT molecular complexity index is 1060. The van der Waals surface area contributed by atoms with Crippen molar-refractivity contribution in [2.24, 2.45) is 56.2 Å². The van der Waals surface area contributed by atoms with Crippen LogP contribution in [0.5, 0.6) is 0 Å². The molecule has 0 fully saturated rings. The van der Waals surface area contributed by atoms with Gasteiger partial charge in [-0.2, -0.15) is 0 Å². The van der Waals surface area contributed by atoms with Crippen molar-refractivity contribution in [3.05, 3.63) is 0 Å². The van der Waals surface area contributed by atoms with Crippen LogP contribution >= 0.6 is 0 Å². The van der Waals surface area contributed by atoms with Crippen molar-refractivity contribution < 1.29 is 29.1 Å². The number of nitrogens with one attached hydrogen (secondary N) is 4. The molecular formula is C29H58N12O6. The zero-order valence-corrected chi connectivity index (χ0v) is 28.2. The minimum atomic E-state index is -1.21. The Labute approximate surface area is 277 Å². The van der Waals surface area contributed by atoms with E-state index < -0.39 is 59.8 Å². The molecule has 270 valence electrons. The number of hydrogen-bond acceptors (Lipinski definition) is 9. The summed E-state index contributed by atoms with van der Waals surface area (Å²) in [5, 5.41) is 20.2. The Balaban J connectivity index is 6.13. The van der Waals surface area contributed by atoms with E-state index in [9.17, 15) is 29.1 Å². The van der Waals surface area contributed by atoms with Crippen molar-refractivity contribution in [1.29, 1.82) is 0 Å². The zero-order chi connectivity index (χ0) is 36.1. The molecule has 0 bridgehead atoms. The first-order valence-corrected chi connectivity index (χ1v) is 16.0. The molecule has 0 aromatic rings. The Morgan fingerprint density at radius 1 is 0.617 bits per heavy atom. The molecule has 0 unspecified atom stereocenters. The Hall–Kier alpha value is -4.19. The number of carboxylic acids is 1. The van der Waals surface area contributed by atoms with Gasteiger partial charge in [0.15, 0.2) is 11.9 Å². The first-order valence-electron chi connectivity index (χ1n) is 16.0. The van der Waals surface area contributed by atoms with Crippen molar-refractivity contribution in [2.45, 2.75) is 109 Å². The highest BCUT2D eigenvalue weighted by Gasteiger charge is 2.32. The van der Waals surface area contributed by atoms with Crippen LogP contribution in [0.25, 0.3) is 0 Å². The van der Waals surface area contributed by atoms with Crippen LogP contribution in [0.2, 0.25) is 0 Å². The van der Waals surface area contributed by atoms with Crippen molar-refractivity contribution in [3.8, 4) is 0 Å². The minimum Gasteiger partial charge on any atom is -0.480 e. The van der Waals surface area contributed by atoms with Crippen molar-refractivity contribution in [1.82, 2.24) is 21.3 Å². The normalized spacial score (nSPS) is 14.2. The third-order valence-electron chi connectivity index (χ3n) is 7.08. The summed E-state index contributed by atoms with van der Waals surface area (Å²) in [7, 11) is 0. The van der Waals surface area contributed by atoms with E-state index in [1.807, 2.05) is 13.8 Å². The second-order valence-electron chi connectivity index (χ2n) is 12.2. The largest absolute Gasteiger partial charge is 0.480 e. The van der Waals surface area contributed by atoms with Crippen LogP contribution in [0, 0.1) is 11.8 Å². The Kier molecular flexibility index (Phi) is 21.1. The predicted molar refractivity (Wildman–Crippen MR) is 180 cm³/mol. The van der Waals surface area contributed by atoms with Crippen LogP contribution < -0.4 is 55.7 Å². The van der Waals surface area contributed by atoms with E-state index in [2.05, 4.69) is 31.3 Å². The number of hydrogen-bond donors (Lipinski definition) is 11. The van der Waals surface area contributed by atoms with E-state index in [0.29, 0.717) is 25.8 Å². The molecule has 0 aliphatic carbocycles. The van der Waals surface area contributed by atoms with Gasteiger partial charge in [0.25, 0.3) is 0 Å². The zero-order valence-electron chi connectivity index (χ0n) is 28.2. The van der Waals surface area contributed by atoms with Gasteiger partial charge >= 0.3 is 5.97 Å². The topological polar surface area (TPSA) is 335 Å². The number of guanidine groups is 2. The molecule has 0 aliphatic rings. The minimum absolute atomic E-state index is 0.0311. The average molecular weight is 671 g/mol. The van der Waals surface area contributed by atoms with Gasteiger partial charge in [-0.1, -0.05) is 27.7 Å². The Morgan fingerprint density at radius 2 is 1.00 bits per heavy atom. The molecule has 18 heteroatoms. The van der Waals surface area contributed by atoms with E-state index in [1.165, 1.54) is 0 Å². The highest BCUT2D eigenvalue weighted by molar-refractivity contribution is 5.95. The lowest BCUT2D eigenvalue weighted by Crippen LogP contribution is -2.58. The first-order chi connectivity index (χ1) is 22.0. The maximum Gasteiger partial charge on any atom is 0.326 e. The molecule has 18 nitrogen and oxygen atoms in total. The number of aliphatic carboxylic acids is 1. The van der Waals surface area contributed by atoms with Gasteiger partial charge in [-0.05, 0) is 69.7 Å². The number of carboxylic acid groups (broad SMARTS) is 1. The second-order valence-corrected chi connectivity index (χ2v) is 12.2. The summed E-state index contributed by atoms with van der Waals surface area (Å²) < 4.78 is 0. The van der Waals surface area contributed by atoms with Gasteiger partial charge < -0.3 is 60.8 Å². The summed E-state index contributed by atoms with van der Waals surface area (Å²) in [4.78, 5) is 72.8. The maximum absolute atomic E-state index is 13.6. The fraction of sp³-hybridized carbons (Fsp3) is 0.759. The number of nitrogens with zero attached hydrogens (tertiary/aromatic N) is 2. The average Bonchev–Trinajstić information content (AvgIpc) is 2.97. The van der Waals surface area contributed by atoms with Crippen LogP contribution in [0.1, 0.15) is 79.1 Å². The van der Waals surface area contributed by atoms with Gasteiger partial charge in [-0.15, -0.1) is 0 Å². The highest BCUT2D eigenvalue weighted by atomic mass is 16.4. The molecule has 5 atom stereocenters. The Morgan fingerprint density at radius 3 is 1.34 bits per heavy atom. The highest BCUT2D eigenvalue weighted by Crippen LogP contribution is 2.10. The molecule has 0 saturated carbocycles. The summed E-state index contributed by atoms with van der Waals surface area (Å²) in [5.74, 6) is -4.30. The SMILES string of the molecule is CC(C)C[C@H](NC(=O)[C@H](CCCN=C(N)N)NC(=O)[C@H](CCCCN)NC(=O)[C@H](CCCN=C(N)N)NC(=O)[C@@H](N)C(C)C)C(=O)O. The van der Waals surface area contributed by atoms with Crippen LogP contribution in [-0.4, -0.2) is 96.5 Å². The fourth-order valence-corrected chi connectivity index (χ4v) is 4.39. The first kappa shape index (κ1) is 42.8. The molecule has 4 amide bonds. The van der Waals surface area contributed by atoms with Gasteiger partial charge in [0, 0.05) is 13.1 Å². The van der Waals surface area contributed by atoms with Crippen LogP contribution in [0.4, 0.5) is 0 Å². The lowest BCUT2D eigenvalue weighted by Gasteiger charge is -2.27. The number of nitrogens with two attached hydrogens (primary N) is 6. The number of rotatable bonds is 24. The lowest BCUT2D eigenvalue weighted by atomic mass is 10.0. The van der Waals surface area contributed by atoms with E-state index in [0.717, 1.165) is 0 Å². The summed E-state index contributed by atoms with van der Waals surface area (Å²) in [5.41, 5.74) is 33.2. The second kappa shape index (κ2) is 23.2. The summed E-state index contributed by atoms with van der Waals surface area (Å²) in [6.45, 7) is 7.87. The van der Waals surface area contributed by atoms with Gasteiger partial charge in [0.05, 0.1) is 6.04 Å². The summed E-state index contributed by atoms with van der Waals surface area (Å²) >= 11 is 0. The molecule has 0 radical (unpaired) electrons. The third kappa shape index (κ3) is 19.2. The molecule has 0 aromatic carbocycles. The number of aliphatic imine (C=N–C) groups is 2. The molecule has 0 aliphatic heterocycles. The predicted octanol–water partition coefficient (Wildman–Crippen LogP) is -2.72. The van der Waals surface area contributed by atoms with Crippen LogP contribution in [-0.2, 0) is 24.0 Å². The number of carbonyl (C=O) groups excluding carboxylic acids is 4. The molecule has 47 heavy (non-hydrogen) atoms. The van der Waals surface area contributed by atoms with Crippen LogP contribution in [0.3, 0.4) is 0 Å². The van der Waals surface area contributed by atoms with E-state index >= 15 is 0 Å². The van der Waals surface area contributed by atoms with Gasteiger partial charge in [0.1, 0.15) is 24.2 Å². The van der Waals surface area contributed by atoms with E-state index in [-0.39, 0.29) is 68.9 Å². The van der Waals surface area contributed by atoms with Gasteiger partial charge in [-0.25, -0.2) is 4.79 Å². The third-order valence-corrected chi connectivity index (χ3v) is 7.08. The van der Waals surface area contributed by atoms with E-state index in [1.54, 1.807) is 13.8 Å². The molecule has 17 N–H and O–H groups in total. The standard InChI is InChI=1S/C29H58N12O6/c1-16(2)15-21(27(46)47)41-25(44)19(10-7-13-36-28(32)33)39-23(42)18(9-5-6-12-30)38-24(43)20(11-8-14-37-29(34)35)40-26(45)22(31)17(3)4/h16-22H,5-15,30-31H2,1-4H3,(H,38,43)(H,39,42)(H,40,45)(H,41,44)(H,46,47)(H4,32,33,36)(H4,34,35,37)/t18-,19-,20-,21-,22-/m0/s1. The molecule has 0 aromatic heterocycles. The monoisotopic (exact) mass is 670 g/mol. The lowest BCUT2D eigenvalue weighted by molar-refractivity contribution is -0.142. The molecule has 0 rings (SSSR count). The summed E-state index contributed by atoms with van der Waals surface area (Å²) in [6, 6.07) is -5.42. The molecule has 0 saturated heterocycles. The van der Waals surface area contributed by atoms with Gasteiger partial charge in [0.2, 0.25) is 23.6 Å². The number of amides is 4. The van der Waals surface area contributed by atoms with Gasteiger partial charge in [-0.3, -0.25) is 29.2 Å². The van der Waals surface area contributed by atoms with Crippen molar-refractivity contribution >= 4 is 41.5 Å². The number of carbonyl (C=O) groups is 5. The smallest absolute Gasteiger partial charge is 0.326 e. The quantitative estimate of drug-likeness (QED) is 0.0283. The van der Waals surface area contributed by atoms with Crippen molar-refractivity contribution in [2.75, 3.05) is 19.6 Å². The number of unbranched alkanes of at least 4 members (excludes halogenated alkanes) is 1. The maximum atomic E-state index is 13.6. The van der Waals surface area contributed by atoms with Crippen molar-refractivity contribution in [3.63, 3.8) is 0 Å². The summed E-state index contributed by atoms with van der Waals surface area (Å²) in [6.07, 6.45) is 2.18. The van der Waals surface area contributed by atoms with Crippen LogP contribution in [0.15, 0.2) is 9.98 Å². The molecular weight excluding hydrogens is 612 g/mol. The molecule has 0 spiro atoms. The van der Waals surface area contributed by atoms with E-state index in [4.69, 9.17) is 34.4 Å².